The topological polar surface area (TPSA) is 21.3 Å². The van der Waals surface area contributed by atoms with Crippen molar-refractivity contribution >= 4 is 15.9 Å². The van der Waals surface area contributed by atoms with Gasteiger partial charge in [-0.1, -0.05) is 15.9 Å². The van der Waals surface area contributed by atoms with Gasteiger partial charge in [0.25, 0.3) is 0 Å². The molecule has 0 saturated heterocycles. The summed E-state index contributed by atoms with van der Waals surface area (Å²) in [5.74, 6) is 0.928. The van der Waals surface area contributed by atoms with Crippen LogP contribution < -0.4 is 10.1 Å². The van der Waals surface area contributed by atoms with E-state index >= 15 is 0 Å². The molecule has 0 amide bonds. The molecule has 1 atom stereocenters. The highest BCUT2D eigenvalue weighted by atomic mass is 79.9. The lowest BCUT2D eigenvalue weighted by atomic mass is 10.3. The van der Waals surface area contributed by atoms with Gasteiger partial charge >= 0.3 is 0 Å². The maximum atomic E-state index is 5.71. The molecule has 1 aromatic rings. The van der Waals surface area contributed by atoms with E-state index in [-0.39, 0.29) is 6.10 Å². The van der Waals surface area contributed by atoms with Gasteiger partial charge in [-0.3, -0.25) is 0 Å². The van der Waals surface area contributed by atoms with E-state index in [2.05, 4.69) is 28.2 Å². The van der Waals surface area contributed by atoms with E-state index in [4.69, 9.17) is 4.74 Å². The second-order valence-corrected chi connectivity index (χ2v) is 4.19. The van der Waals surface area contributed by atoms with Gasteiger partial charge in [0.15, 0.2) is 0 Å². The van der Waals surface area contributed by atoms with Gasteiger partial charge in [0.2, 0.25) is 0 Å². The summed E-state index contributed by atoms with van der Waals surface area (Å²) < 4.78 is 6.79. The van der Waals surface area contributed by atoms with Gasteiger partial charge in [0.05, 0.1) is 6.10 Å². The van der Waals surface area contributed by atoms with Crippen LogP contribution in [-0.2, 0) is 0 Å². The summed E-state index contributed by atoms with van der Waals surface area (Å²) in [5, 5.41) is 3.11. The molecule has 0 aliphatic heterocycles. The van der Waals surface area contributed by atoms with Crippen LogP contribution in [0.3, 0.4) is 0 Å². The summed E-state index contributed by atoms with van der Waals surface area (Å²) in [7, 11) is 1.95. The van der Waals surface area contributed by atoms with Crippen LogP contribution in [-0.4, -0.2) is 19.7 Å². The fourth-order valence-corrected chi connectivity index (χ4v) is 1.42. The molecule has 0 bridgehead atoms. The largest absolute Gasteiger partial charge is 0.491 e. The van der Waals surface area contributed by atoms with Crippen LogP contribution in [0.2, 0.25) is 0 Å². The van der Waals surface area contributed by atoms with E-state index in [1.807, 2.05) is 31.3 Å². The number of hydrogen-bond acceptors (Lipinski definition) is 2. The molecule has 3 heteroatoms. The van der Waals surface area contributed by atoms with Gasteiger partial charge < -0.3 is 10.1 Å². The van der Waals surface area contributed by atoms with E-state index < -0.39 is 0 Å². The first-order chi connectivity index (χ1) is 6.72. The monoisotopic (exact) mass is 257 g/mol. The number of benzene rings is 1. The normalized spacial score (nSPS) is 12.5. The highest BCUT2D eigenvalue weighted by molar-refractivity contribution is 9.10. The quantitative estimate of drug-likeness (QED) is 0.876. The summed E-state index contributed by atoms with van der Waals surface area (Å²) in [4.78, 5) is 0. The van der Waals surface area contributed by atoms with Crippen molar-refractivity contribution < 1.29 is 4.74 Å². The average Bonchev–Trinajstić information content (AvgIpc) is 2.18. The minimum atomic E-state index is 0.253. The summed E-state index contributed by atoms with van der Waals surface area (Å²) in [5.41, 5.74) is 0. The molecule has 0 radical (unpaired) electrons. The first-order valence-electron chi connectivity index (χ1n) is 4.79. The number of halogens is 1. The fourth-order valence-electron chi connectivity index (χ4n) is 1.15. The van der Waals surface area contributed by atoms with Crippen molar-refractivity contribution in [3.63, 3.8) is 0 Å². The third-order valence-electron chi connectivity index (χ3n) is 1.95. The van der Waals surface area contributed by atoms with Crippen molar-refractivity contribution in [3.8, 4) is 5.75 Å². The smallest absolute Gasteiger partial charge is 0.119 e. The zero-order chi connectivity index (χ0) is 10.4. The van der Waals surface area contributed by atoms with E-state index in [9.17, 15) is 0 Å². The van der Waals surface area contributed by atoms with Crippen LogP contribution >= 0.6 is 15.9 Å². The first-order valence-corrected chi connectivity index (χ1v) is 5.58. The maximum absolute atomic E-state index is 5.71. The molecule has 0 saturated carbocycles. The molecular formula is C11H16BrNO. The lowest BCUT2D eigenvalue weighted by Crippen LogP contribution is -2.19. The van der Waals surface area contributed by atoms with Crippen molar-refractivity contribution in [2.45, 2.75) is 19.4 Å². The molecule has 0 heterocycles. The Bertz CT molecular complexity index is 260. The predicted octanol–water partition coefficient (Wildman–Crippen LogP) is 2.83. The lowest BCUT2D eigenvalue weighted by Gasteiger charge is -2.14. The van der Waals surface area contributed by atoms with Crippen LogP contribution in [0.4, 0.5) is 0 Å². The molecule has 1 rings (SSSR count). The van der Waals surface area contributed by atoms with E-state index in [0.29, 0.717) is 0 Å². The van der Waals surface area contributed by atoms with Crippen LogP contribution in [0.5, 0.6) is 5.75 Å². The molecule has 1 unspecified atom stereocenters. The third-order valence-corrected chi connectivity index (χ3v) is 2.48. The van der Waals surface area contributed by atoms with Gasteiger partial charge in [-0.15, -0.1) is 0 Å². The third kappa shape index (κ3) is 4.11. The van der Waals surface area contributed by atoms with Crippen molar-refractivity contribution in [2.24, 2.45) is 0 Å². The molecule has 1 N–H and O–H groups in total. The lowest BCUT2D eigenvalue weighted by molar-refractivity contribution is 0.211. The number of hydrogen-bond donors (Lipinski definition) is 1. The average molecular weight is 258 g/mol. The summed E-state index contributed by atoms with van der Waals surface area (Å²) in [6.07, 6.45) is 1.27. The Labute approximate surface area is 93.8 Å². The van der Waals surface area contributed by atoms with Crippen molar-refractivity contribution in [1.29, 1.82) is 0 Å². The fraction of sp³-hybridized carbons (Fsp3) is 0.455. The Morgan fingerprint density at radius 3 is 2.57 bits per heavy atom. The van der Waals surface area contributed by atoms with Crippen molar-refractivity contribution in [2.75, 3.05) is 13.6 Å². The van der Waals surface area contributed by atoms with Crippen LogP contribution in [0.1, 0.15) is 13.3 Å². The highest BCUT2D eigenvalue weighted by Crippen LogP contribution is 2.17. The van der Waals surface area contributed by atoms with Crippen molar-refractivity contribution in [3.05, 3.63) is 28.7 Å². The Kier molecular flexibility index (Phi) is 4.98. The maximum Gasteiger partial charge on any atom is 0.119 e. The minimum Gasteiger partial charge on any atom is -0.491 e. The van der Waals surface area contributed by atoms with Crippen LogP contribution in [0.15, 0.2) is 28.7 Å². The van der Waals surface area contributed by atoms with Gasteiger partial charge in [0.1, 0.15) is 5.75 Å². The van der Waals surface area contributed by atoms with E-state index in [0.717, 1.165) is 23.2 Å². The minimum absolute atomic E-state index is 0.253. The van der Waals surface area contributed by atoms with Crippen molar-refractivity contribution in [1.82, 2.24) is 5.32 Å². The van der Waals surface area contributed by atoms with E-state index in [1.54, 1.807) is 0 Å². The molecule has 2 nitrogen and oxygen atoms in total. The first kappa shape index (κ1) is 11.5. The summed E-state index contributed by atoms with van der Waals surface area (Å²) in [6.45, 7) is 3.07. The SMILES string of the molecule is CNCCC(C)Oc1ccc(Br)cc1. The van der Waals surface area contributed by atoms with E-state index in [1.165, 1.54) is 0 Å². The molecular weight excluding hydrogens is 242 g/mol. The van der Waals surface area contributed by atoms with Gasteiger partial charge in [-0.2, -0.15) is 0 Å². The number of rotatable bonds is 5. The highest BCUT2D eigenvalue weighted by Gasteiger charge is 2.02. The van der Waals surface area contributed by atoms with Gasteiger partial charge in [0, 0.05) is 4.47 Å². The second-order valence-electron chi connectivity index (χ2n) is 3.27. The molecule has 78 valence electrons. The molecule has 1 aromatic carbocycles. The Hall–Kier alpha value is -0.540. The number of nitrogens with one attached hydrogen (secondary N) is 1. The molecule has 0 fully saturated rings. The molecule has 0 spiro atoms. The van der Waals surface area contributed by atoms with Crippen LogP contribution in [0, 0.1) is 0 Å². The summed E-state index contributed by atoms with van der Waals surface area (Å²) in [6, 6.07) is 7.92. The Morgan fingerprint density at radius 1 is 1.36 bits per heavy atom. The Balaban J connectivity index is 2.39. The Morgan fingerprint density at radius 2 is 2.00 bits per heavy atom. The molecule has 0 aliphatic carbocycles. The molecule has 14 heavy (non-hydrogen) atoms. The molecule has 0 aromatic heterocycles. The molecule has 0 aliphatic rings. The number of ether oxygens (including phenoxy) is 1. The van der Waals surface area contributed by atoms with Crippen LogP contribution in [0.25, 0.3) is 0 Å². The second kappa shape index (κ2) is 6.04. The standard InChI is InChI=1S/C11H16BrNO/c1-9(7-8-13-2)14-11-5-3-10(12)4-6-11/h3-6,9,13H,7-8H2,1-2H3. The predicted molar refractivity (Wildman–Crippen MR) is 62.8 cm³/mol. The zero-order valence-electron chi connectivity index (χ0n) is 8.59. The van der Waals surface area contributed by atoms with Gasteiger partial charge in [-0.25, -0.2) is 0 Å². The van der Waals surface area contributed by atoms with Gasteiger partial charge in [-0.05, 0) is 51.2 Å². The zero-order valence-corrected chi connectivity index (χ0v) is 10.2. The summed E-state index contributed by atoms with van der Waals surface area (Å²) >= 11 is 3.39.